The highest BCUT2D eigenvalue weighted by Crippen LogP contribution is 2.32. The van der Waals surface area contributed by atoms with Crippen LogP contribution in [0.25, 0.3) is 0 Å². The van der Waals surface area contributed by atoms with Crippen LogP contribution in [0.15, 0.2) is 0 Å². The van der Waals surface area contributed by atoms with Crippen LogP contribution in [0.3, 0.4) is 0 Å². The van der Waals surface area contributed by atoms with Gasteiger partial charge in [-0.2, -0.15) is 0 Å². The van der Waals surface area contributed by atoms with Gasteiger partial charge in [0.25, 0.3) is 0 Å². The minimum atomic E-state index is 0.694. The molecule has 18 heavy (non-hydrogen) atoms. The molecule has 1 saturated heterocycles. The van der Waals surface area contributed by atoms with E-state index in [0.29, 0.717) is 6.04 Å². The zero-order valence-electron chi connectivity index (χ0n) is 12.8. The third-order valence-electron chi connectivity index (χ3n) is 5.12. The standard InChI is InChI=1S/C16H32N2/c1-12(2)15-11-18(9-5-8-17-15)16-7-6-13(3)10-14(16)4/h12-17H,5-11H2,1-4H3. The van der Waals surface area contributed by atoms with E-state index in [4.69, 9.17) is 0 Å². The van der Waals surface area contributed by atoms with Gasteiger partial charge in [0.05, 0.1) is 0 Å². The van der Waals surface area contributed by atoms with Gasteiger partial charge in [0.15, 0.2) is 0 Å². The molecule has 1 saturated carbocycles. The van der Waals surface area contributed by atoms with Crippen LogP contribution in [0.5, 0.6) is 0 Å². The lowest BCUT2D eigenvalue weighted by atomic mass is 9.79. The van der Waals surface area contributed by atoms with Crippen molar-refractivity contribution >= 4 is 0 Å². The molecule has 1 aliphatic heterocycles. The van der Waals surface area contributed by atoms with Crippen LogP contribution in [0.2, 0.25) is 0 Å². The zero-order chi connectivity index (χ0) is 13.1. The average Bonchev–Trinajstić information content (AvgIpc) is 2.54. The van der Waals surface area contributed by atoms with Crippen molar-refractivity contribution in [2.45, 2.75) is 65.5 Å². The fourth-order valence-corrected chi connectivity index (χ4v) is 3.92. The van der Waals surface area contributed by atoms with Gasteiger partial charge >= 0.3 is 0 Å². The van der Waals surface area contributed by atoms with Crippen molar-refractivity contribution in [2.75, 3.05) is 19.6 Å². The van der Waals surface area contributed by atoms with E-state index in [0.717, 1.165) is 23.8 Å². The molecule has 0 aromatic rings. The molecule has 2 aliphatic rings. The van der Waals surface area contributed by atoms with Gasteiger partial charge in [-0.15, -0.1) is 0 Å². The molecule has 106 valence electrons. The summed E-state index contributed by atoms with van der Waals surface area (Å²) in [6.45, 7) is 13.4. The number of nitrogens with zero attached hydrogens (tertiary/aromatic N) is 1. The Bertz CT molecular complexity index is 251. The zero-order valence-corrected chi connectivity index (χ0v) is 12.8. The van der Waals surface area contributed by atoms with Crippen LogP contribution < -0.4 is 5.32 Å². The topological polar surface area (TPSA) is 15.3 Å². The smallest absolute Gasteiger partial charge is 0.0218 e. The molecule has 0 aromatic carbocycles. The van der Waals surface area contributed by atoms with Gasteiger partial charge < -0.3 is 5.32 Å². The van der Waals surface area contributed by atoms with Crippen molar-refractivity contribution in [3.05, 3.63) is 0 Å². The van der Waals surface area contributed by atoms with E-state index < -0.39 is 0 Å². The molecule has 1 N–H and O–H groups in total. The summed E-state index contributed by atoms with van der Waals surface area (Å²) in [5, 5.41) is 3.73. The minimum absolute atomic E-state index is 0.694. The van der Waals surface area contributed by atoms with Crippen molar-refractivity contribution < 1.29 is 0 Å². The second-order valence-corrected chi connectivity index (χ2v) is 7.12. The van der Waals surface area contributed by atoms with Gasteiger partial charge in [0.2, 0.25) is 0 Å². The molecule has 0 spiro atoms. The first kappa shape index (κ1) is 14.3. The maximum atomic E-state index is 3.73. The largest absolute Gasteiger partial charge is 0.312 e. The van der Waals surface area contributed by atoms with E-state index in [9.17, 15) is 0 Å². The predicted octanol–water partition coefficient (Wildman–Crippen LogP) is 3.13. The molecule has 2 rings (SSSR count). The van der Waals surface area contributed by atoms with Crippen LogP contribution in [-0.4, -0.2) is 36.6 Å². The second kappa shape index (κ2) is 6.38. The highest BCUT2D eigenvalue weighted by molar-refractivity contribution is 4.88. The summed E-state index contributed by atoms with van der Waals surface area (Å²) in [7, 11) is 0. The Morgan fingerprint density at radius 3 is 2.61 bits per heavy atom. The molecule has 2 nitrogen and oxygen atoms in total. The van der Waals surface area contributed by atoms with Gasteiger partial charge in [-0.25, -0.2) is 0 Å². The summed E-state index contributed by atoms with van der Waals surface area (Å²) in [6, 6.07) is 1.54. The van der Waals surface area contributed by atoms with E-state index >= 15 is 0 Å². The van der Waals surface area contributed by atoms with Crippen molar-refractivity contribution in [2.24, 2.45) is 17.8 Å². The van der Waals surface area contributed by atoms with Gasteiger partial charge in [-0.3, -0.25) is 4.90 Å². The minimum Gasteiger partial charge on any atom is -0.312 e. The van der Waals surface area contributed by atoms with Crippen molar-refractivity contribution in [1.29, 1.82) is 0 Å². The Kier molecular flexibility index (Phi) is 5.08. The van der Waals surface area contributed by atoms with E-state index in [1.54, 1.807) is 0 Å². The first-order valence-corrected chi connectivity index (χ1v) is 8.05. The van der Waals surface area contributed by atoms with E-state index in [1.165, 1.54) is 45.3 Å². The van der Waals surface area contributed by atoms with Crippen LogP contribution in [0.1, 0.15) is 53.4 Å². The van der Waals surface area contributed by atoms with E-state index in [2.05, 4.69) is 37.9 Å². The maximum absolute atomic E-state index is 3.73. The van der Waals surface area contributed by atoms with E-state index in [1.807, 2.05) is 0 Å². The summed E-state index contributed by atoms with van der Waals surface area (Å²) in [6.07, 6.45) is 5.61. The van der Waals surface area contributed by atoms with Crippen LogP contribution in [-0.2, 0) is 0 Å². The molecular formula is C16H32N2. The molecule has 2 fully saturated rings. The lowest BCUT2D eigenvalue weighted by Crippen LogP contribution is -2.48. The molecule has 4 unspecified atom stereocenters. The van der Waals surface area contributed by atoms with Crippen molar-refractivity contribution in [3.63, 3.8) is 0 Å². The number of hydrogen-bond acceptors (Lipinski definition) is 2. The Morgan fingerprint density at radius 2 is 1.94 bits per heavy atom. The summed E-state index contributed by atoms with van der Waals surface area (Å²) in [5.41, 5.74) is 0. The summed E-state index contributed by atoms with van der Waals surface area (Å²) >= 11 is 0. The second-order valence-electron chi connectivity index (χ2n) is 7.12. The quantitative estimate of drug-likeness (QED) is 0.812. The lowest BCUT2D eigenvalue weighted by molar-refractivity contribution is 0.0873. The molecule has 0 amide bonds. The fraction of sp³-hybridized carbons (Fsp3) is 1.00. The van der Waals surface area contributed by atoms with Crippen LogP contribution >= 0.6 is 0 Å². The molecule has 4 atom stereocenters. The van der Waals surface area contributed by atoms with Gasteiger partial charge in [0, 0.05) is 18.6 Å². The monoisotopic (exact) mass is 252 g/mol. The average molecular weight is 252 g/mol. The van der Waals surface area contributed by atoms with Crippen molar-refractivity contribution in [3.8, 4) is 0 Å². The molecule has 1 heterocycles. The molecule has 2 heteroatoms. The third kappa shape index (κ3) is 3.48. The number of hydrogen-bond donors (Lipinski definition) is 1. The molecular weight excluding hydrogens is 220 g/mol. The lowest BCUT2D eigenvalue weighted by Gasteiger charge is -2.41. The van der Waals surface area contributed by atoms with Crippen molar-refractivity contribution in [1.82, 2.24) is 10.2 Å². The van der Waals surface area contributed by atoms with E-state index in [-0.39, 0.29) is 0 Å². The normalized spacial score (nSPS) is 39.8. The summed E-state index contributed by atoms with van der Waals surface area (Å²) in [5.74, 6) is 2.59. The van der Waals surface area contributed by atoms with Crippen LogP contribution in [0, 0.1) is 17.8 Å². The van der Waals surface area contributed by atoms with Gasteiger partial charge in [0.1, 0.15) is 0 Å². The molecule has 0 bridgehead atoms. The van der Waals surface area contributed by atoms with Gasteiger partial charge in [-0.05, 0) is 56.5 Å². The summed E-state index contributed by atoms with van der Waals surface area (Å²) < 4.78 is 0. The third-order valence-corrected chi connectivity index (χ3v) is 5.12. The Balaban J connectivity index is 1.97. The Labute approximate surface area is 114 Å². The molecule has 0 aromatic heterocycles. The summed E-state index contributed by atoms with van der Waals surface area (Å²) in [4.78, 5) is 2.81. The first-order valence-electron chi connectivity index (χ1n) is 8.05. The fourth-order valence-electron chi connectivity index (χ4n) is 3.92. The molecule has 1 aliphatic carbocycles. The molecule has 0 radical (unpaired) electrons. The Morgan fingerprint density at radius 1 is 1.17 bits per heavy atom. The first-order chi connectivity index (χ1) is 8.58. The maximum Gasteiger partial charge on any atom is 0.0218 e. The van der Waals surface area contributed by atoms with Gasteiger partial charge in [-0.1, -0.05) is 27.7 Å². The number of nitrogens with one attached hydrogen (secondary N) is 1. The highest BCUT2D eigenvalue weighted by atomic mass is 15.2. The van der Waals surface area contributed by atoms with Crippen LogP contribution in [0.4, 0.5) is 0 Å². The number of rotatable bonds is 2. The SMILES string of the molecule is CC1CCC(N2CCCNC(C(C)C)C2)C(C)C1. The highest BCUT2D eigenvalue weighted by Gasteiger charge is 2.32. The Hall–Kier alpha value is -0.0800. The predicted molar refractivity (Wildman–Crippen MR) is 78.8 cm³/mol.